The summed E-state index contributed by atoms with van der Waals surface area (Å²) in [6, 6.07) is 4.74. The van der Waals surface area contributed by atoms with Crippen LogP contribution in [0.15, 0.2) is 23.1 Å². The number of ether oxygens (including phenoxy) is 1. The van der Waals surface area contributed by atoms with Crippen LogP contribution in [-0.4, -0.2) is 37.2 Å². The molecule has 0 amide bonds. The van der Waals surface area contributed by atoms with E-state index in [2.05, 4.69) is 25.3 Å². The fourth-order valence-corrected chi connectivity index (χ4v) is 4.52. The van der Waals surface area contributed by atoms with Gasteiger partial charge in [0.1, 0.15) is 10.7 Å². The van der Waals surface area contributed by atoms with Crippen molar-refractivity contribution in [2.24, 2.45) is 11.3 Å². The minimum atomic E-state index is -4.22. The molecule has 8 heteroatoms. The zero-order chi connectivity index (χ0) is 22.3. The van der Waals surface area contributed by atoms with Gasteiger partial charge in [-0.25, -0.2) is 4.98 Å². The van der Waals surface area contributed by atoms with Crippen LogP contribution in [0, 0.1) is 11.3 Å². The molecule has 1 aliphatic heterocycles. The van der Waals surface area contributed by atoms with Gasteiger partial charge in [-0.2, -0.15) is 8.42 Å². The zero-order valence-electron chi connectivity index (χ0n) is 18.7. The van der Waals surface area contributed by atoms with E-state index in [4.69, 9.17) is 13.9 Å². The Hall–Kier alpha value is -1.93. The molecule has 0 radical (unpaired) electrons. The Morgan fingerprint density at radius 3 is 2.37 bits per heavy atom. The Morgan fingerprint density at radius 2 is 1.80 bits per heavy atom. The van der Waals surface area contributed by atoms with Crippen molar-refractivity contribution in [1.29, 1.82) is 0 Å². The minimum Gasteiger partial charge on any atom is -0.381 e. The van der Waals surface area contributed by atoms with Crippen LogP contribution in [0.5, 0.6) is 0 Å². The number of hydrogen-bond acceptors (Lipinski definition) is 6. The number of carbonyl (C=O) groups excluding carboxylic acids is 1. The highest BCUT2D eigenvalue weighted by Crippen LogP contribution is 2.31. The summed E-state index contributed by atoms with van der Waals surface area (Å²) in [4.78, 5) is 16.8. The van der Waals surface area contributed by atoms with Crippen LogP contribution in [0.2, 0.25) is 0 Å². The summed E-state index contributed by atoms with van der Waals surface area (Å²) >= 11 is 0. The second-order valence-corrected chi connectivity index (χ2v) is 11.6. The molecule has 0 aliphatic carbocycles. The maximum absolute atomic E-state index is 12.6. The van der Waals surface area contributed by atoms with Gasteiger partial charge in [0, 0.05) is 25.2 Å². The van der Waals surface area contributed by atoms with Crippen LogP contribution in [-0.2, 0) is 35.8 Å². The van der Waals surface area contributed by atoms with Crippen molar-refractivity contribution < 1.29 is 22.1 Å². The molecule has 1 aliphatic rings. The summed E-state index contributed by atoms with van der Waals surface area (Å²) in [7, 11) is -4.22. The van der Waals surface area contributed by atoms with E-state index < -0.39 is 21.5 Å². The van der Waals surface area contributed by atoms with Gasteiger partial charge in [0.25, 0.3) is 0 Å². The third-order valence-corrected chi connectivity index (χ3v) is 6.46. The first-order valence-electron chi connectivity index (χ1n) is 10.4. The lowest BCUT2D eigenvalue weighted by molar-refractivity contribution is -0.142. The van der Waals surface area contributed by atoms with Gasteiger partial charge in [-0.15, -0.1) is 0 Å². The molecule has 0 saturated carbocycles. The van der Waals surface area contributed by atoms with Gasteiger partial charge >= 0.3 is 16.1 Å². The molecular formula is C22H32N2O5S. The number of carbonyl (C=O) groups is 1. The molecule has 0 N–H and O–H groups in total. The number of benzene rings is 1. The van der Waals surface area contributed by atoms with E-state index in [0.717, 1.165) is 43.9 Å². The predicted octanol–water partition coefficient (Wildman–Crippen LogP) is 4.04. The van der Waals surface area contributed by atoms with Crippen LogP contribution in [0.25, 0.3) is 11.0 Å². The molecule has 1 fully saturated rings. The molecule has 1 saturated heterocycles. The third-order valence-electron chi connectivity index (χ3n) is 5.26. The molecule has 0 spiro atoms. The Balaban J connectivity index is 2.01. The van der Waals surface area contributed by atoms with Crippen molar-refractivity contribution in [2.75, 3.05) is 13.2 Å². The summed E-state index contributed by atoms with van der Waals surface area (Å²) in [5, 5.41) is 0. The molecular weight excluding hydrogens is 404 g/mol. The molecule has 0 unspecified atom stereocenters. The van der Waals surface area contributed by atoms with Crippen LogP contribution >= 0.6 is 0 Å². The zero-order valence-corrected chi connectivity index (χ0v) is 19.5. The van der Waals surface area contributed by atoms with Crippen molar-refractivity contribution in [3.05, 3.63) is 24.0 Å². The maximum atomic E-state index is 12.6. The first-order valence-corrected chi connectivity index (χ1v) is 11.8. The largest absolute Gasteiger partial charge is 0.381 e. The van der Waals surface area contributed by atoms with Crippen molar-refractivity contribution in [1.82, 2.24) is 9.55 Å². The standard InChI is InChI=1S/C22H32N2O5S/c1-21(2,3)19-23-17-13-16(30(26,27)29-20(25)22(4,5)6)7-8-18(17)24(19)14-15-9-11-28-12-10-15/h7-8,13,15H,9-12,14H2,1-6H3. The van der Waals surface area contributed by atoms with Gasteiger partial charge in [-0.1, -0.05) is 20.8 Å². The van der Waals surface area contributed by atoms with Crippen molar-refractivity contribution in [3.8, 4) is 0 Å². The fourth-order valence-electron chi connectivity index (χ4n) is 3.48. The summed E-state index contributed by atoms with van der Waals surface area (Å²) in [5.41, 5.74) is 0.344. The summed E-state index contributed by atoms with van der Waals surface area (Å²) in [6.45, 7) is 13.5. The normalized spacial score (nSPS) is 16.7. The van der Waals surface area contributed by atoms with Crippen molar-refractivity contribution >= 4 is 27.1 Å². The lowest BCUT2D eigenvalue weighted by Gasteiger charge is -2.26. The van der Waals surface area contributed by atoms with Gasteiger partial charge in [0.05, 0.1) is 16.4 Å². The molecule has 0 bridgehead atoms. The van der Waals surface area contributed by atoms with E-state index in [1.165, 1.54) is 12.1 Å². The van der Waals surface area contributed by atoms with Crippen LogP contribution in [0.3, 0.4) is 0 Å². The molecule has 2 heterocycles. The Labute approximate surface area is 178 Å². The van der Waals surface area contributed by atoms with E-state index >= 15 is 0 Å². The SMILES string of the molecule is CC(C)(C)C(=O)OS(=O)(=O)c1ccc2c(c1)nc(C(C)(C)C)n2CC1CCOCC1. The number of hydrogen-bond donors (Lipinski definition) is 0. The molecule has 0 atom stereocenters. The van der Waals surface area contributed by atoms with Gasteiger partial charge in [-0.05, 0) is 57.7 Å². The van der Waals surface area contributed by atoms with Gasteiger partial charge < -0.3 is 13.5 Å². The Bertz CT molecular complexity index is 1040. The number of fused-ring (bicyclic) bond motifs is 1. The Morgan fingerprint density at radius 1 is 1.17 bits per heavy atom. The molecule has 2 aromatic rings. The smallest absolute Gasteiger partial charge is 0.341 e. The van der Waals surface area contributed by atoms with Crippen LogP contribution in [0.1, 0.15) is 60.2 Å². The lowest BCUT2D eigenvalue weighted by Crippen LogP contribution is -2.26. The quantitative estimate of drug-likeness (QED) is 0.672. The summed E-state index contributed by atoms with van der Waals surface area (Å²) in [6.07, 6.45) is 2.00. The minimum absolute atomic E-state index is 0.0659. The fraction of sp³-hybridized carbons (Fsp3) is 0.636. The first kappa shape index (κ1) is 22.7. The molecule has 1 aromatic heterocycles. The topological polar surface area (TPSA) is 87.5 Å². The van der Waals surface area contributed by atoms with Gasteiger partial charge in [-0.3, -0.25) is 4.79 Å². The number of nitrogens with zero attached hydrogens (tertiary/aromatic N) is 2. The molecule has 7 nitrogen and oxygen atoms in total. The van der Waals surface area contributed by atoms with Crippen LogP contribution < -0.4 is 0 Å². The lowest BCUT2D eigenvalue weighted by atomic mass is 9.94. The van der Waals surface area contributed by atoms with Gasteiger partial charge in [0.15, 0.2) is 0 Å². The van der Waals surface area contributed by atoms with Crippen LogP contribution in [0.4, 0.5) is 0 Å². The second kappa shape index (κ2) is 7.96. The molecule has 3 rings (SSSR count). The maximum Gasteiger partial charge on any atom is 0.341 e. The molecule has 30 heavy (non-hydrogen) atoms. The van der Waals surface area contributed by atoms with Crippen molar-refractivity contribution in [2.45, 2.75) is 71.2 Å². The molecule has 166 valence electrons. The molecule has 1 aromatic carbocycles. The number of rotatable bonds is 4. The highest BCUT2D eigenvalue weighted by Gasteiger charge is 2.31. The van der Waals surface area contributed by atoms with E-state index in [1.54, 1.807) is 26.8 Å². The van der Waals surface area contributed by atoms with Crippen molar-refractivity contribution in [3.63, 3.8) is 0 Å². The van der Waals surface area contributed by atoms with E-state index in [1.807, 2.05) is 0 Å². The second-order valence-electron chi connectivity index (χ2n) is 10.1. The average Bonchev–Trinajstić information content (AvgIpc) is 2.99. The van der Waals surface area contributed by atoms with Gasteiger partial charge in [0.2, 0.25) is 0 Å². The average molecular weight is 437 g/mol. The highest BCUT2D eigenvalue weighted by atomic mass is 32.2. The third kappa shape index (κ3) is 4.86. The van der Waals surface area contributed by atoms with E-state index in [0.29, 0.717) is 11.4 Å². The summed E-state index contributed by atoms with van der Waals surface area (Å²) < 4.78 is 37.8. The first-order chi connectivity index (χ1) is 13.8. The van der Waals surface area contributed by atoms with E-state index in [9.17, 15) is 13.2 Å². The number of aromatic nitrogens is 2. The Kier molecular flexibility index (Phi) is 6.04. The highest BCUT2D eigenvalue weighted by molar-refractivity contribution is 7.87. The number of imidazole rings is 1. The monoisotopic (exact) mass is 436 g/mol. The summed E-state index contributed by atoms with van der Waals surface area (Å²) in [5.74, 6) is 0.613. The predicted molar refractivity (Wildman–Crippen MR) is 115 cm³/mol. The van der Waals surface area contributed by atoms with E-state index in [-0.39, 0.29) is 10.3 Å².